The minimum Gasteiger partial charge on any atom is -0.462 e. The van der Waals surface area contributed by atoms with Gasteiger partial charge in [0.2, 0.25) is 0 Å². The molecule has 0 bridgehead atoms. The number of esters is 4. The smallest absolute Gasteiger partial charge is 0.462 e. The number of ether oxygens (including phenoxy) is 4. The highest BCUT2D eigenvalue weighted by molar-refractivity contribution is 7.47. The summed E-state index contributed by atoms with van der Waals surface area (Å²) in [5, 5.41) is 10.6. The van der Waals surface area contributed by atoms with Gasteiger partial charge in [-0.15, -0.1) is 0 Å². The molecule has 0 aliphatic rings. The van der Waals surface area contributed by atoms with Gasteiger partial charge in [-0.3, -0.25) is 37.3 Å². The Bertz CT molecular complexity index is 2430. The Labute approximate surface area is 592 Å². The molecule has 3 N–H and O–H groups in total. The van der Waals surface area contributed by atoms with Crippen molar-refractivity contribution in [2.75, 3.05) is 39.6 Å². The zero-order valence-electron chi connectivity index (χ0n) is 60.7. The highest BCUT2D eigenvalue weighted by atomic mass is 31.2. The molecule has 0 amide bonds. The monoisotopic (exact) mass is 1410 g/mol. The maximum atomic E-state index is 13.1. The van der Waals surface area contributed by atoms with Crippen LogP contribution in [0.5, 0.6) is 0 Å². The fourth-order valence-corrected chi connectivity index (χ4v) is 10.8. The lowest BCUT2D eigenvalue weighted by atomic mass is 10.1. The quantitative estimate of drug-likeness (QED) is 0.0169. The van der Waals surface area contributed by atoms with Crippen molar-refractivity contribution in [3.05, 3.63) is 146 Å². The number of aliphatic hydroxyl groups excluding tert-OH is 1. The molecule has 0 heterocycles. The lowest BCUT2D eigenvalue weighted by Crippen LogP contribution is -2.30. The molecule has 0 aromatic rings. The van der Waals surface area contributed by atoms with E-state index in [1.807, 2.05) is 18.2 Å². The first-order valence-electron chi connectivity index (χ1n) is 37.1. The van der Waals surface area contributed by atoms with E-state index in [9.17, 15) is 43.2 Å². The number of hydrogen-bond donors (Lipinski definition) is 3. The first kappa shape index (κ1) is 92.9. The standard InChI is InChI=1S/C79H130O17P2/c1-5-9-13-17-21-25-29-32-34-35-36-37-39-42-45-48-52-56-60-64-77(82)90-70-75(96-79(84)66-62-58-54-50-46-40-31-27-23-19-15-11-7-3)72-94-98(87,88)92-68-73(80)67-91-97(85,86)93-71-74(95-78(83)65-61-57-53-49-43-28-24-20-16-12-8-4)69-89-76(81)63-59-55-51-47-44-41-38-33-30-26-22-18-14-10-6-2/h9-10,13-15,19,21-22,25-27,31-34,36-38,42,44-45,47,55,59,73-75,80H,5-8,11-12,16-18,20,23-24,28-30,35,39-41,43,46,48-54,56-58,60-72H2,1-4H3,(H,85,86)(H,87,88)/b13-9-,14-10-,19-15-,25-21-,26-22-,31-27-,34-32-,37-36-,38-33-,45-42-,47-44-,59-55-. The average molecular weight is 1410 g/mol. The fraction of sp³-hybridized carbons (Fsp3) is 0.646. The van der Waals surface area contributed by atoms with Gasteiger partial charge in [-0.05, 0) is 122 Å². The van der Waals surface area contributed by atoms with Crippen molar-refractivity contribution in [3.63, 3.8) is 0 Å². The SMILES string of the molecule is CC/C=C\C/C=C\C/C=C\C/C=C\C/C=C\CCCCCC(=O)OCC(COP(=O)(O)OCC(O)COP(=O)(O)OCC(COC(=O)C/C=C\C/C=C\C/C=C\C/C=C\C/C=C\CC)OC(=O)CCCCCCCCCCCCC)OC(=O)CCCCCCC/C=C\C/C=C\CCC. The Hall–Kier alpha value is -5.06. The summed E-state index contributed by atoms with van der Waals surface area (Å²) in [6, 6.07) is 0. The van der Waals surface area contributed by atoms with Crippen molar-refractivity contribution >= 4 is 39.5 Å². The van der Waals surface area contributed by atoms with Crippen molar-refractivity contribution in [1.29, 1.82) is 0 Å². The number of phosphoric acid groups is 2. The van der Waals surface area contributed by atoms with Crippen molar-refractivity contribution in [2.24, 2.45) is 0 Å². The first-order valence-corrected chi connectivity index (χ1v) is 40.1. The molecule has 558 valence electrons. The van der Waals surface area contributed by atoms with E-state index >= 15 is 0 Å². The van der Waals surface area contributed by atoms with E-state index in [-0.39, 0.29) is 25.7 Å². The van der Waals surface area contributed by atoms with E-state index in [0.29, 0.717) is 25.7 Å². The molecule has 0 aromatic carbocycles. The first-order chi connectivity index (χ1) is 47.7. The van der Waals surface area contributed by atoms with Gasteiger partial charge >= 0.3 is 39.5 Å². The number of carbonyl (C=O) groups is 4. The lowest BCUT2D eigenvalue weighted by molar-refractivity contribution is -0.161. The Morgan fingerprint density at radius 3 is 0.959 bits per heavy atom. The molecule has 5 atom stereocenters. The van der Waals surface area contributed by atoms with Gasteiger partial charge in [0.25, 0.3) is 0 Å². The van der Waals surface area contributed by atoms with Crippen LogP contribution >= 0.6 is 15.6 Å². The molecule has 19 heteroatoms. The van der Waals surface area contributed by atoms with Gasteiger partial charge in [-0.1, -0.05) is 270 Å². The predicted octanol–water partition coefficient (Wildman–Crippen LogP) is 21.1. The van der Waals surface area contributed by atoms with Crippen LogP contribution in [0, 0.1) is 0 Å². The molecular formula is C79H130O17P2. The van der Waals surface area contributed by atoms with Crippen LogP contribution in [0.1, 0.15) is 272 Å². The second-order valence-electron chi connectivity index (χ2n) is 24.1. The third-order valence-electron chi connectivity index (χ3n) is 14.8. The zero-order chi connectivity index (χ0) is 71.8. The third kappa shape index (κ3) is 69.4. The van der Waals surface area contributed by atoms with E-state index in [1.165, 1.54) is 38.5 Å². The second-order valence-corrected chi connectivity index (χ2v) is 27.0. The number of hydrogen-bond acceptors (Lipinski definition) is 15. The Morgan fingerprint density at radius 2 is 0.592 bits per heavy atom. The molecule has 17 nitrogen and oxygen atoms in total. The number of carbonyl (C=O) groups excluding carboxylic acids is 4. The third-order valence-corrected chi connectivity index (χ3v) is 16.7. The van der Waals surface area contributed by atoms with Crippen molar-refractivity contribution in [2.45, 2.75) is 290 Å². The lowest BCUT2D eigenvalue weighted by Gasteiger charge is -2.21. The van der Waals surface area contributed by atoms with Crippen LogP contribution in [0.25, 0.3) is 0 Å². The molecule has 0 aromatic heterocycles. The van der Waals surface area contributed by atoms with Gasteiger partial charge in [0.15, 0.2) is 12.2 Å². The van der Waals surface area contributed by atoms with Crippen LogP contribution in [0.4, 0.5) is 0 Å². The van der Waals surface area contributed by atoms with Gasteiger partial charge in [0, 0.05) is 19.3 Å². The van der Waals surface area contributed by atoms with E-state index in [0.717, 1.165) is 154 Å². The summed E-state index contributed by atoms with van der Waals surface area (Å²) in [6.07, 6.45) is 78.8. The summed E-state index contributed by atoms with van der Waals surface area (Å²) in [5.74, 6) is -2.38. The summed E-state index contributed by atoms with van der Waals surface area (Å²) in [5.41, 5.74) is 0. The molecule has 0 saturated heterocycles. The van der Waals surface area contributed by atoms with Crippen LogP contribution in [-0.2, 0) is 65.4 Å². The highest BCUT2D eigenvalue weighted by Crippen LogP contribution is 2.45. The molecule has 0 rings (SSSR count). The van der Waals surface area contributed by atoms with Crippen LogP contribution in [-0.4, -0.2) is 96.7 Å². The Morgan fingerprint density at radius 1 is 0.306 bits per heavy atom. The summed E-state index contributed by atoms with van der Waals surface area (Å²) in [7, 11) is -9.99. The van der Waals surface area contributed by atoms with E-state index in [1.54, 1.807) is 6.08 Å². The molecule has 0 aliphatic carbocycles. The van der Waals surface area contributed by atoms with E-state index in [4.69, 9.17) is 37.0 Å². The summed E-state index contributed by atoms with van der Waals surface area (Å²) in [6.45, 7) is 4.38. The van der Waals surface area contributed by atoms with Gasteiger partial charge in [-0.2, -0.15) is 0 Å². The number of aliphatic hydroxyl groups is 1. The topological polar surface area (TPSA) is 237 Å². The van der Waals surface area contributed by atoms with Crippen molar-refractivity contribution < 1.29 is 80.2 Å². The van der Waals surface area contributed by atoms with Gasteiger partial charge in [-0.25, -0.2) is 9.13 Å². The maximum Gasteiger partial charge on any atom is 0.472 e. The summed E-state index contributed by atoms with van der Waals surface area (Å²) >= 11 is 0. The summed E-state index contributed by atoms with van der Waals surface area (Å²) < 4.78 is 68.2. The molecule has 0 spiro atoms. The molecule has 0 saturated carbocycles. The predicted molar refractivity (Wildman–Crippen MR) is 399 cm³/mol. The summed E-state index contributed by atoms with van der Waals surface area (Å²) in [4.78, 5) is 72.7. The highest BCUT2D eigenvalue weighted by Gasteiger charge is 2.30. The van der Waals surface area contributed by atoms with Crippen LogP contribution in [0.15, 0.2) is 146 Å². The molecule has 0 fully saturated rings. The van der Waals surface area contributed by atoms with E-state index in [2.05, 4.69) is 149 Å². The number of phosphoric ester groups is 2. The minimum atomic E-state index is -4.99. The zero-order valence-corrected chi connectivity index (χ0v) is 62.4. The molecular weight excluding hydrogens is 1280 g/mol. The molecule has 5 unspecified atom stereocenters. The Balaban J connectivity index is 5.42. The van der Waals surface area contributed by atoms with E-state index < -0.39 is 97.5 Å². The fourth-order valence-electron chi connectivity index (χ4n) is 9.24. The average Bonchev–Trinajstić information content (AvgIpc) is 0.972. The minimum absolute atomic E-state index is 0.0649. The number of rotatable bonds is 68. The number of unbranched alkanes of at least 4 members (excludes halogenated alkanes) is 19. The molecule has 0 radical (unpaired) electrons. The van der Waals surface area contributed by atoms with Gasteiger partial charge in [0.1, 0.15) is 19.3 Å². The van der Waals surface area contributed by atoms with Gasteiger partial charge in [0.05, 0.1) is 32.8 Å². The molecule has 0 aliphatic heterocycles. The largest absolute Gasteiger partial charge is 0.472 e. The second kappa shape index (κ2) is 70.4. The number of allylic oxidation sites excluding steroid dienone is 23. The normalized spacial score (nSPS) is 14.8. The molecule has 98 heavy (non-hydrogen) atoms. The van der Waals surface area contributed by atoms with Crippen LogP contribution < -0.4 is 0 Å². The van der Waals surface area contributed by atoms with Crippen LogP contribution in [0.2, 0.25) is 0 Å². The van der Waals surface area contributed by atoms with Crippen molar-refractivity contribution in [1.82, 2.24) is 0 Å². The maximum absolute atomic E-state index is 13.1. The van der Waals surface area contributed by atoms with Crippen molar-refractivity contribution in [3.8, 4) is 0 Å². The van der Waals surface area contributed by atoms with Gasteiger partial charge < -0.3 is 33.8 Å². The van der Waals surface area contributed by atoms with Crippen LogP contribution in [0.3, 0.4) is 0 Å². The Kier molecular flexibility index (Phi) is 66.7.